The number of nitrogens with zero attached hydrogens (tertiary/aromatic N) is 2. The summed E-state index contributed by atoms with van der Waals surface area (Å²) in [5, 5.41) is 11.3. The molecule has 2 N–H and O–H groups in total. The molecular formula is C21H28N4O. The molecule has 2 aromatic rings. The predicted molar refractivity (Wildman–Crippen MR) is 102 cm³/mol. The average Bonchev–Trinajstić information content (AvgIpc) is 3.33. The molecule has 0 radical (unpaired) electrons. The van der Waals surface area contributed by atoms with Crippen molar-refractivity contribution in [3.05, 3.63) is 53.3 Å². The minimum Gasteiger partial charge on any atom is -0.341 e. The summed E-state index contributed by atoms with van der Waals surface area (Å²) in [5.41, 5.74) is 2.73. The lowest BCUT2D eigenvalue weighted by Crippen LogP contribution is -2.44. The van der Waals surface area contributed by atoms with Crippen molar-refractivity contribution in [2.45, 2.75) is 57.0 Å². The van der Waals surface area contributed by atoms with E-state index < -0.39 is 0 Å². The van der Waals surface area contributed by atoms with Gasteiger partial charge in [0.2, 0.25) is 0 Å². The van der Waals surface area contributed by atoms with E-state index >= 15 is 0 Å². The Balaban J connectivity index is 1.53. The van der Waals surface area contributed by atoms with E-state index in [1.165, 1.54) is 11.1 Å². The predicted octanol–water partition coefficient (Wildman–Crippen LogP) is 3.32. The summed E-state index contributed by atoms with van der Waals surface area (Å²) in [4.78, 5) is 13.0. The van der Waals surface area contributed by atoms with Gasteiger partial charge in [0, 0.05) is 12.7 Å². The van der Waals surface area contributed by atoms with E-state index in [2.05, 4.69) is 46.9 Å². The third-order valence-corrected chi connectivity index (χ3v) is 5.87. The van der Waals surface area contributed by atoms with Crippen LogP contribution in [0.4, 0.5) is 0 Å². The zero-order valence-electron chi connectivity index (χ0n) is 15.5. The Morgan fingerprint density at radius 2 is 2.12 bits per heavy atom. The molecule has 26 heavy (non-hydrogen) atoms. The van der Waals surface area contributed by atoms with Crippen molar-refractivity contribution in [2.24, 2.45) is 0 Å². The lowest BCUT2D eigenvalue weighted by atomic mass is 9.87. The Hall–Kier alpha value is -2.14. The number of benzene rings is 1. The molecule has 5 nitrogen and oxygen atoms in total. The van der Waals surface area contributed by atoms with E-state index in [4.69, 9.17) is 0 Å². The van der Waals surface area contributed by atoms with Gasteiger partial charge in [0.05, 0.1) is 11.6 Å². The molecule has 1 saturated carbocycles. The quantitative estimate of drug-likeness (QED) is 0.887. The first-order valence-electron chi connectivity index (χ1n) is 9.82. The summed E-state index contributed by atoms with van der Waals surface area (Å²) in [6, 6.07) is 10.7. The third kappa shape index (κ3) is 3.40. The van der Waals surface area contributed by atoms with E-state index in [1.54, 1.807) is 0 Å². The highest BCUT2D eigenvalue weighted by molar-refractivity contribution is 5.92. The number of piperidine rings is 1. The molecular weight excluding hydrogens is 324 g/mol. The number of aryl methyl sites for hydroxylation is 1. The molecule has 4 rings (SSSR count). The van der Waals surface area contributed by atoms with Gasteiger partial charge in [-0.25, -0.2) is 0 Å². The van der Waals surface area contributed by atoms with E-state index in [-0.39, 0.29) is 11.4 Å². The maximum absolute atomic E-state index is 13.0. The summed E-state index contributed by atoms with van der Waals surface area (Å²) >= 11 is 0. The summed E-state index contributed by atoms with van der Waals surface area (Å²) in [5.74, 6) is -0.0593. The van der Waals surface area contributed by atoms with Crippen molar-refractivity contribution in [1.29, 1.82) is 0 Å². The van der Waals surface area contributed by atoms with Crippen molar-refractivity contribution in [3.8, 4) is 0 Å². The highest BCUT2D eigenvalue weighted by atomic mass is 16.2. The van der Waals surface area contributed by atoms with Crippen LogP contribution in [0.3, 0.4) is 0 Å². The highest BCUT2D eigenvalue weighted by Crippen LogP contribution is 2.39. The van der Waals surface area contributed by atoms with Gasteiger partial charge < -0.3 is 10.6 Å². The number of hydrogen-bond donors (Lipinski definition) is 2. The molecule has 1 unspecified atom stereocenters. The first-order chi connectivity index (χ1) is 12.7. The average molecular weight is 352 g/mol. The first kappa shape index (κ1) is 17.3. The van der Waals surface area contributed by atoms with E-state index in [0.29, 0.717) is 11.7 Å². The Bertz CT molecular complexity index is 770. The monoisotopic (exact) mass is 352 g/mol. The maximum atomic E-state index is 13.0. The Morgan fingerprint density at radius 3 is 2.85 bits per heavy atom. The summed E-state index contributed by atoms with van der Waals surface area (Å²) < 4.78 is 1.95. The second-order valence-corrected chi connectivity index (χ2v) is 7.79. The van der Waals surface area contributed by atoms with Gasteiger partial charge in [-0.15, -0.1) is 0 Å². The van der Waals surface area contributed by atoms with Crippen LogP contribution in [0.25, 0.3) is 0 Å². The highest BCUT2D eigenvalue weighted by Gasteiger charge is 2.37. The molecule has 5 heteroatoms. The van der Waals surface area contributed by atoms with Crippen molar-refractivity contribution >= 4 is 5.91 Å². The molecule has 1 aliphatic heterocycles. The number of amides is 1. The van der Waals surface area contributed by atoms with Crippen LogP contribution in [0.5, 0.6) is 0 Å². The van der Waals surface area contributed by atoms with Gasteiger partial charge in [-0.3, -0.25) is 9.48 Å². The minimum absolute atomic E-state index is 0.0593. The molecule has 1 aliphatic carbocycles. The summed E-state index contributed by atoms with van der Waals surface area (Å²) in [6.45, 7) is 4.11. The van der Waals surface area contributed by atoms with Gasteiger partial charge in [0.25, 0.3) is 5.91 Å². The molecule has 1 saturated heterocycles. The zero-order valence-corrected chi connectivity index (χ0v) is 15.5. The van der Waals surface area contributed by atoms with Gasteiger partial charge in [-0.2, -0.15) is 5.10 Å². The number of aromatic nitrogens is 2. The van der Waals surface area contributed by atoms with Crippen LogP contribution < -0.4 is 10.6 Å². The molecule has 2 fully saturated rings. The van der Waals surface area contributed by atoms with Crippen molar-refractivity contribution < 1.29 is 4.79 Å². The number of hydrogen-bond acceptors (Lipinski definition) is 3. The molecule has 2 aliphatic rings. The lowest BCUT2D eigenvalue weighted by Gasteiger charge is -2.31. The SMILES string of the molecule is Cc1cccc(C2(NC(=O)c3ccn(C4CCCNC4)n3)CCCC2)c1. The van der Waals surface area contributed by atoms with Crippen molar-refractivity contribution in [2.75, 3.05) is 13.1 Å². The van der Waals surface area contributed by atoms with Crippen LogP contribution in [0.2, 0.25) is 0 Å². The van der Waals surface area contributed by atoms with Crippen LogP contribution in [0.1, 0.15) is 66.2 Å². The number of nitrogens with one attached hydrogen (secondary N) is 2. The number of rotatable bonds is 4. The second kappa shape index (κ2) is 7.23. The van der Waals surface area contributed by atoms with E-state index in [0.717, 1.165) is 51.6 Å². The van der Waals surface area contributed by atoms with Gasteiger partial charge in [0.15, 0.2) is 0 Å². The topological polar surface area (TPSA) is 59.0 Å². The minimum atomic E-state index is -0.251. The van der Waals surface area contributed by atoms with Crippen LogP contribution in [0.15, 0.2) is 36.5 Å². The van der Waals surface area contributed by atoms with Gasteiger partial charge in [-0.05, 0) is 50.8 Å². The van der Waals surface area contributed by atoms with Crippen molar-refractivity contribution in [1.82, 2.24) is 20.4 Å². The second-order valence-electron chi connectivity index (χ2n) is 7.79. The fourth-order valence-electron chi connectivity index (χ4n) is 4.41. The molecule has 1 atom stereocenters. The Morgan fingerprint density at radius 1 is 1.27 bits per heavy atom. The van der Waals surface area contributed by atoms with Gasteiger partial charge >= 0.3 is 0 Å². The summed E-state index contributed by atoms with van der Waals surface area (Å²) in [7, 11) is 0. The van der Waals surface area contributed by atoms with Crippen LogP contribution in [-0.4, -0.2) is 28.8 Å². The lowest BCUT2D eigenvalue weighted by molar-refractivity contribution is 0.0891. The molecule has 138 valence electrons. The Labute approximate surface area is 155 Å². The van der Waals surface area contributed by atoms with Crippen molar-refractivity contribution in [3.63, 3.8) is 0 Å². The summed E-state index contributed by atoms with van der Waals surface area (Å²) in [6.07, 6.45) is 8.50. The standard InChI is InChI=1S/C21H28N4O/c1-16-6-4-7-17(14-16)21(10-2-3-11-21)23-20(26)19-9-13-25(24-19)18-8-5-12-22-15-18/h4,6-7,9,13-14,18,22H,2-3,5,8,10-12,15H2,1H3,(H,23,26). The maximum Gasteiger partial charge on any atom is 0.272 e. The molecule has 0 spiro atoms. The first-order valence-corrected chi connectivity index (χ1v) is 9.82. The fraction of sp³-hybridized carbons (Fsp3) is 0.524. The fourth-order valence-corrected chi connectivity index (χ4v) is 4.41. The molecule has 1 amide bonds. The van der Waals surface area contributed by atoms with Gasteiger partial charge in [-0.1, -0.05) is 42.7 Å². The molecule has 2 heterocycles. The normalized spacial score (nSPS) is 22.3. The molecule has 0 bridgehead atoms. The largest absolute Gasteiger partial charge is 0.341 e. The number of carbonyl (C=O) groups excluding carboxylic acids is 1. The molecule has 1 aromatic heterocycles. The smallest absolute Gasteiger partial charge is 0.272 e. The van der Waals surface area contributed by atoms with E-state index in [1.807, 2.05) is 16.9 Å². The van der Waals surface area contributed by atoms with Crippen LogP contribution >= 0.6 is 0 Å². The van der Waals surface area contributed by atoms with Crippen LogP contribution in [0, 0.1) is 6.92 Å². The molecule has 1 aromatic carbocycles. The van der Waals surface area contributed by atoms with Gasteiger partial charge in [0.1, 0.15) is 5.69 Å². The zero-order chi connectivity index (χ0) is 18.0. The Kier molecular flexibility index (Phi) is 4.81. The van der Waals surface area contributed by atoms with E-state index in [9.17, 15) is 4.79 Å². The third-order valence-electron chi connectivity index (χ3n) is 5.87. The number of carbonyl (C=O) groups is 1. The van der Waals surface area contributed by atoms with Crippen LogP contribution in [-0.2, 0) is 5.54 Å².